The molecule has 0 aliphatic carbocycles. The van der Waals surface area contributed by atoms with Gasteiger partial charge in [0, 0.05) is 11.6 Å². The SMILES string of the molecule is N#Cc1nn(Cc2ccc(F)nc2)c2ccccc12. The van der Waals surface area contributed by atoms with Gasteiger partial charge in [0.1, 0.15) is 6.07 Å². The van der Waals surface area contributed by atoms with Crippen LogP contribution in [0.2, 0.25) is 0 Å². The number of hydrogen-bond donors (Lipinski definition) is 0. The number of fused-ring (bicyclic) bond motifs is 1. The van der Waals surface area contributed by atoms with E-state index in [9.17, 15) is 4.39 Å². The highest BCUT2D eigenvalue weighted by Crippen LogP contribution is 2.18. The van der Waals surface area contributed by atoms with Crippen molar-refractivity contribution in [3.05, 3.63) is 59.8 Å². The van der Waals surface area contributed by atoms with Gasteiger partial charge in [-0.15, -0.1) is 0 Å². The summed E-state index contributed by atoms with van der Waals surface area (Å²) >= 11 is 0. The van der Waals surface area contributed by atoms with Gasteiger partial charge < -0.3 is 0 Å². The fourth-order valence-electron chi connectivity index (χ4n) is 2.00. The van der Waals surface area contributed by atoms with Gasteiger partial charge in [0.15, 0.2) is 5.69 Å². The third-order valence-electron chi connectivity index (χ3n) is 2.88. The van der Waals surface area contributed by atoms with E-state index in [0.29, 0.717) is 12.2 Å². The molecule has 0 radical (unpaired) electrons. The van der Waals surface area contributed by atoms with Crippen LogP contribution >= 0.6 is 0 Å². The number of benzene rings is 1. The second-order valence-corrected chi connectivity index (χ2v) is 4.12. The summed E-state index contributed by atoms with van der Waals surface area (Å²) in [6.07, 6.45) is 1.47. The molecular formula is C14H9FN4. The van der Waals surface area contributed by atoms with Gasteiger partial charge in [0.05, 0.1) is 12.1 Å². The summed E-state index contributed by atoms with van der Waals surface area (Å²) in [5.74, 6) is -0.508. The lowest BCUT2D eigenvalue weighted by Crippen LogP contribution is -2.02. The Morgan fingerprint density at radius 3 is 2.79 bits per heavy atom. The summed E-state index contributed by atoms with van der Waals surface area (Å²) in [5.41, 5.74) is 2.10. The normalized spacial score (nSPS) is 10.5. The molecule has 0 amide bonds. The van der Waals surface area contributed by atoms with Crippen LogP contribution in [0.3, 0.4) is 0 Å². The number of para-hydroxylation sites is 1. The molecule has 2 heterocycles. The Balaban J connectivity index is 2.06. The predicted octanol–water partition coefficient (Wildman–Crippen LogP) is 2.49. The molecule has 3 rings (SSSR count). The highest BCUT2D eigenvalue weighted by atomic mass is 19.1. The highest BCUT2D eigenvalue weighted by molar-refractivity contribution is 5.84. The van der Waals surface area contributed by atoms with E-state index in [2.05, 4.69) is 16.2 Å². The van der Waals surface area contributed by atoms with Crippen LogP contribution in [0.25, 0.3) is 10.9 Å². The zero-order chi connectivity index (χ0) is 13.2. The van der Waals surface area contributed by atoms with E-state index in [-0.39, 0.29) is 0 Å². The van der Waals surface area contributed by atoms with Crippen molar-refractivity contribution in [3.8, 4) is 6.07 Å². The molecule has 0 bridgehead atoms. The number of hydrogen-bond acceptors (Lipinski definition) is 3. The quantitative estimate of drug-likeness (QED) is 0.658. The van der Waals surface area contributed by atoms with Crippen LogP contribution in [-0.2, 0) is 6.54 Å². The van der Waals surface area contributed by atoms with Gasteiger partial charge in [-0.1, -0.05) is 18.2 Å². The summed E-state index contributed by atoms with van der Waals surface area (Å²) in [6.45, 7) is 0.454. The molecule has 0 fully saturated rings. The maximum Gasteiger partial charge on any atom is 0.212 e. The molecular weight excluding hydrogens is 243 g/mol. The minimum atomic E-state index is -0.508. The van der Waals surface area contributed by atoms with Crippen LogP contribution in [0.4, 0.5) is 4.39 Å². The molecule has 0 spiro atoms. The van der Waals surface area contributed by atoms with Gasteiger partial charge in [-0.05, 0) is 23.8 Å². The molecule has 5 heteroatoms. The lowest BCUT2D eigenvalue weighted by atomic mass is 10.2. The molecule has 0 atom stereocenters. The highest BCUT2D eigenvalue weighted by Gasteiger charge is 2.09. The summed E-state index contributed by atoms with van der Waals surface area (Å²) < 4.78 is 14.5. The van der Waals surface area contributed by atoms with E-state index in [1.54, 1.807) is 10.7 Å². The fraction of sp³-hybridized carbons (Fsp3) is 0.0714. The van der Waals surface area contributed by atoms with Crippen molar-refractivity contribution < 1.29 is 4.39 Å². The molecule has 92 valence electrons. The van der Waals surface area contributed by atoms with Crippen molar-refractivity contribution >= 4 is 10.9 Å². The summed E-state index contributed by atoms with van der Waals surface area (Å²) in [6, 6.07) is 12.6. The number of nitrogens with zero attached hydrogens (tertiary/aromatic N) is 4. The van der Waals surface area contributed by atoms with E-state index in [1.165, 1.54) is 12.3 Å². The van der Waals surface area contributed by atoms with Crippen LogP contribution in [0, 0.1) is 17.3 Å². The Kier molecular flexibility index (Phi) is 2.69. The molecule has 1 aromatic carbocycles. The van der Waals surface area contributed by atoms with E-state index in [4.69, 9.17) is 5.26 Å². The van der Waals surface area contributed by atoms with Crippen LogP contribution in [0.1, 0.15) is 11.3 Å². The Labute approximate surface area is 108 Å². The zero-order valence-corrected chi connectivity index (χ0v) is 9.92. The van der Waals surface area contributed by atoms with Gasteiger partial charge in [0.25, 0.3) is 0 Å². The minimum absolute atomic E-state index is 0.394. The molecule has 0 N–H and O–H groups in total. The molecule has 0 unspecified atom stereocenters. The number of nitriles is 1. The molecule has 0 aliphatic rings. The Morgan fingerprint density at radius 1 is 1.21 bits per heavy atom. The summed E-state index contributed by atoms with van der Waals surface area (Å²) in [7, 11) is 0. The standard InChI is InChI=1S/C14H9FN4/c15-14-6-5-10(8-17-14)9-19-13-4-2-1-3-11(13)12(7-16)18-19/h1-6,8H,9H2. The first-order chi connectivity index (χ1) is 9.28. The Hall–Kier alpha value is -2.74. The maximum atomic E-state index is 12.8. The van der Waals surface area contributed by atoms with Crippen molar-refractivity contribution in [2.75, 3.05) is 0 Å². The van der Waals surface area contributed by atoms with Crippen molar-refractivity contribution in [3.63, 3.8) is 0 Å². The zero-order valence-electron chi connectivity index (χ0n) is 9.92. The summed E-state index contributed by atoms with van der Waals surface area (Å²) in [4.78, 5) is 3.61. The van der Waals surface area contributed by atoms with E-state index in [1.807, 2.05) is 24.3 Å². The molecule has 0 saturated heterocycles. The third kappa shape index (κ3) is 2.04. The van der Waals surface area contributed by atoms with Gasteiger partial charge in [-0.25, -0.2) is 4.98 Å². The van der Waals surface area contributed by atoms with E-state index >= 15 is 0 Å². The van der Waals surface area contributed by atoms with Crippen molar-refractivity contribution in [1.29, 1.82) is 5.26 Å². The average Bonchev–Trinajstić information content (AvgIpc) is 2.80. The lowest BCUT2D eigenvalue weighted by molar-refractivity contribution is 0.580. The molecule has 19 heavy (non-hydrogen) atoms. The van der Waals surface area contributed by atoms with Gasteiger partial charge in [0.2, 0.25) is 5.95 Å². The second kappa shape index (κ2) is 4.50. The smallest absolute Gasteiger partial charge is 0.212 e. The number of rotatable bonds is 2. The molecule has 4 nitrogen and oxygen atoms in total. The molecule has 3 aromatic rings. The van der Waals surface area contributed by atoms with Crippen molar-refractivity contribution in [2.45, 2.75) is 6.54 Å². The van der Waals surface area contributed by atoms with Crippen LogP contribution in [0.15, 0.2) is 42.6 Å². The molecule has 2 aromatic heterocycles. The number of halogens is 1. The van der Waals surface area contributed by atoms with E-state index < -0.39 is 5.95 Å². The Morgan fingerprint density at radius 2 is 2.05 bits per heavy atom. The number of pyridine rings is 1. The Bertz CT molecular complexity index is 768. The van der Waals surface area contributed by atoms with E-state index in [0.717, 1.165) is 16.5 Å². The van der Waals surface area contributed by atoms with Gasteiger partial charge in [-0.3, -0.25) is 4.68 Å². The third-order valence-corrected chi connectivity index (χ3v) is 2.88. The first-order valence-electron chi connectivity index (χ1n) is 5.74. The predicted molar refractivity (Wildman–Crippen MR) is 67.7 cm³/mol. The largest absolute Gasteiger partial charge is 0.259 e. The topological polar surface area (TPSA) is 54.5 Å². The van der Waals surface area contributed by atoms with Gasteiger partial charge in [-0.2, -0.15) is 14.8 Å². The fourth-order valence-corrected chi connectivity index (χ4v) is 2.00. The minimum Gasteiger partial charge on any atom is -0.259 e. The summed E-state index contributed by atoms with van der Waals surface area (Å²) in [5, 5.41) is 14.1. The average molecular weight is 252 g/mol. The van der Waals surface area contributed by atoms with Crippen molar-refractivity contribution in [2.24, 2.45) is 0 Å². The first-order valence-corrected chi connectivity index (χ1v) is 5.74. The first kappa shape index (κ1) is 11.4. The maximum absolute atomic E-state index is 12.8. The van der Waals surface area contributed by atoms with Crippen LogP contribution < -0.4 is 0 Å². The molecule has 0 aliphatic heterocycles. The van der Waals surface area contributed by atoms with Crippen LogP contribution in [0.5, 0.6) is 0 Å². The molecule has 0 saturated carbocycles. The van der Waals surface area contributed by atoms with Crippen molar-refractivity contribution in [1.82, 2.24) is 14.8 Å². The second-order valence-electron chi connectivity index (χ2n) is 4.12. The number of aromatic nitrogens is 3. The van der Waals surface area contributed by atoms with Gasteiger partial charge >= 0.3 is 0 Å². The monoisotopic (exact) mass is 252 g/mol. The van der Waals surface area contributed by atoms with Crippen LogP contribution in [-0.4, -0.2) is 14.8 Å². The lowest BCUT2D eigenvalue weighted by Gasteiger charge is -2.03.